The Bertz CT molecular complexity index is 678. The summed E-state index contributed by atoms with van der Waals surface area (Å²) >= 11 is 0. The number of ether oxygens (including phenoxy) is 1. The van der Waals surface area contributed by atoms with Gasteiger partial charge >= 0.3 is 5.97 Å². The number of aromatic carboxylic acids is 1. The van der Waals surface area contributed by atoms with E-state index in [1.54, 1.807) is 13.8 Å². The number of carboxylic acid groups (broad SMARTS) is 1. The Morgan fingerprint density at radius 3 is 2.57 bits per heavy atom. The van der Waals surface area contributed by atoms with Crippen LogP contribution in [-0.4, -0.2) is 26.2 Å². The summed E-state index contributed by atoms with van der Waals surface area (Å²) in [5.74, 6) is -0.694. The molecule has 21 heavy (non-hydrogen) atoms. The lowest BCUT2D eigenvalue weighted by Crippen LogP contribution is -2.10. The Morgan fingerprint density at radius 2 is 2.05 bits per heavy atom. The van der Waals surface area contributed by atoms with Crippen molar-refractivity contribution in [3.05, 3.63) is 51.3 Å². The molecule has 8 heteroatoms. The smallest absolute Gasteiger partial charge is 0.339 e. The molecule has 110 valence electrons. The molecular weight excluding hydrogens is 278 g/mol. The first-order chi connectivity index (χ1) is 9.90. The number of nitro benzene ring substituents is 1. The molecule has 1 aromatic carbocycles. The van der Waals surface area contributed by atoms with Crippen LogP contribution in [0.2, 0.25) is 0 Å². The van der Waals surface area contributed by atoms with Gasteiger partial charge in [-0.25, -0.2) is 4.79 Å². The summed E-state index contributed by atoms with van der Waals surface area (Å²) in [6.07, 6.45) is -0.609. The van der Waals surface area contributed by atoms with Gasteiger partial charge in [0.2, 0.25) is 0 Å². The van der Waals surface area contributed by atoms with Crippen molar-refractivity contribution in [2.75, 3.05) is 0 Å². The molecule has 8 nitrogen and oxygen atoms in total. The number of aromatic nitrogens is 2. The van der Waals surface area contributed by atoms with E-state index in [4.69, 9.17) is 9.84 Å². The van der Waals surface area contributed by atoms with Crippen LogP contribution in [0.1, 0.15) is 34.8 Å². The molecule has 0 aliphatic rings. The van der Waals surface area contributed by atoms with Gasteiger partial charge in [-0.3, -0.25) is 15.2 Å². The molecule has 1 heterocycles. The van der Waals surface area contributed by atoms with Crippen molar-refractivity contribution in [2.24, 2.45) is 0 Å². The zero-order chi connectivity index (χ0) is 15.6. The van der Waals surface area contributed by atoms with E-state index in [0.717, 1.165) is 0 Å². The molecule has 0 fully saturated rings. The van der Waals surface area contributed by atoms with Crippen molar-refractivity contribution >= 4 is 11.7 Å². The highest BCUT2D eigenvalue weighted by molar-refractivity contribution is 5.90. The van der Waals surface area contributed by atoms with Crippen LogP contribution in [0, 0.1) is 17.0 Å². The Hall–Kier alpha value is -2.90. The molecule has 0 aliphatic heterocycles. The highest BCUT2D eigenvalue weighted by atomic mass is 16.6. The lowest BCUT2D eigenvalue weighted by molar-refractivity contribution is -0.384. The van der Waals surface area contributed by atoms with Gasteiger partial charge in [0.15, 0.2) is 0 Å². The fourth-order valence-electron chi connectivity index (χ4n) is 1.92. The summed E-state index contributed by atoms with van der Waals surface area (Å²) < 4.78 is 5.57. The van der Waals surface area contributed by atoms with Gasteiger partial charge in [0, 0.05) is 17.8 Å². The SMILES string of the molecule is Cc1[nH]nc(C(C)Oc2ccc([N+](=O)[O-])cc2)c1C(=O)O. The average Bonchev–Trinajstić information content (AvgIpc) is 2.81. The Balaban J connectivity index is 2.20. The zero-order valence-electron chi connectivity index (χ0n) is 11.4. The van der Waals surface area contributed by atoms with Crippen LogP contribution in [0.4, 0.5) is 5.69 Å². The standard InChI is InChI=1S/C13H13N3O5/c1-7-11(13(17)18)12(15-14-7)8(2)21-10-5-3-9(4-6-10)16(19)20/h3-6,8H,1-2H3,(H,14,15)(H,17,18). The Kier molecular flexibility index (Phi) is 3.88. The van der Waals surface area contributed by atoms with E-state index in [9.17, 15) is 14.9 Å². The number of non-ortho nitro benzene ring substituents is 1. The van der Waals surface area contributed by atoms with Gasteiger partial charge in [0.1, 0.15) is 23.1 Å². The monoisotopic (exact) mass is 291 g/mol. The fourth-order valence-corrected chi connectivity index (χ4v) is 1.92. The van der Waals surface area contributed by atoms with Gasteiger partial charge in [-0.05, 0) is 26.0 Å². The van der Waals surface area contributed by atoms with Crippen molar-refractivity contribution in [3.63, 3.8) is 0 Å². The molecule has 0 spiro atoms. The molecule has 0 bridgehead atoms. The average molecular weight is 291 g/mol. The quantitative estimate of drug-likeness (QED) is 0.645. The number of hydrogen-bond acceptors (Lipinski definition) is 5. The molecule has 2 aromatic rings. The highest BCUT2D eigenvalue weighted by Crippen LogP contribution is 2.25. The second kappa shape index (κ2) is 5.61. The lowest BCUT2D eigenvalue weighted by atomic mass is 10.1. The first kappa shape index (κ1) is 14.5. The number of carboxylic acids is 1. The fraction of sp³-hybridized carbons (Fsp3) is 0.231. The third kappa shape index (κ3) is 2.99. The number of rotatable bonds is 5. The van der Waals surface area contributed by atoms with Gasteiger partial charge in [-0.1, -0.05) is 0 Å². The number of nitrogens with one attached hydrogen (secondary N) is 1. The molecule has 2 N–H and O–H groups in total. The zero-order valence-corrected chi connectivity index (χ0v) is 11.4. The maximum atomic E-state index is 11.2. The normalized spacial score (nSPS) is 11.9. The summed E-state index contributed by atoms with van der Waals surface area (Å²) in [5, 5.41) is 26.3. The summed E-state index contributed by atoms with van der Waals surface area (Å²) in [6.45, 7) is 3.27. The first-order valence-electron chi connectivity index (χ1n) is 6.09. The predicted molar refractivity (Wildman–Crippen MR) is 72.4 cm³/mol. The van der Waals surface area contributed by atoms with E-state index in [2.05, 4.69) is 10.2 Å². The number of carbonyl (C=O) groups is 1. The van der Waals surface area contributed by atoms with Gasteiger partial charge in [0.25, 0.3) is 5.69 Å². The summed E-state index contributed by atoms with van der Waals surface area (Å²) in [6, 6.07) is 5.54. The second-order valence-electron chi connectivity index (χ2n) is 4.43. The number of hydrogen-bond donors (Lipinski definition) is 2. The molecule has 1 unspecified atom stereocenters. The lowest BCUT2D eigenvalue weighted by Gasteiger charge is -2.13. The van der Waals surface area contributed by atoms with Gasteiger partial charge in [0.05, 0.1) is 4.92 Å². The second-order valence-corrected chi connectivity index (χ2v) is 4.43. The number of nitro groups is 1. The number of H-pyrrole nitrogens is 1. The van der Waals surface area contributed by atoms with E-state index < -0.39 is 17.0 Å². The number of nitrogens with zero attached hydrogens (tertiary/aromatic N) is 2. The Morgan fingerprint density at radius 1 is 1.43 bits per heavy atom. The van der Waals surface area contributed by atoms with E-state index in [-0.39, 0.29) is 16.9 Å². The van der Waals surface area contributed by atoms with E-state index in [1.807, 2.05) is 0 Å². The van der Waals surface area contributed by atoms with Crippen LogP contribution in [0.3, 0.4) is 0 Å². The van der Waals surface area contributed by atoms with E-state index in [1.165, 1.54) is 24.3 Å². The summed E-state index contributed by atoms with van der Waals surface area (Å²) in [7, 11) is 0. The van der Waals surface area contributed by atoms with Crippen LogP contribution in [0.25, 0.3) is 0 Å². The summed E-state index contributed by atoms with van der Waals surface area (Å²) in [5.41, 5.74) is 0.747. The van der Waals surface area contributed by atoms with Crippen LogP contribution in [-0.2, 0) is 0 Å². The molecule has 1 atom stereocenters. The van der Waals surface area contributed by atoms with Crippen molar-refractivity contribution in [1.82, 2.24) is 10.2 Å². The van der Waals surface area contributed by atoms with Gasteiger partial charge in [-0.2, -0.15) is 5.10 Å². The van der Waals surface area contributed by atoms with E-state index in [0.29, 0.717) is 11.4 Å². The maximum absolute atomic E-state index is 11.2. The number of aryl methyl sites for hydroxylation is 1. The largest absolute Gasteiger partial charge is 0.484 e. The van der Waals surface area contributed by atoms with Gasteiger partial charge in [-0.15, -0.1) is 0 Å². The third-order valence-electron chi connectivity index (χ3n) is 2.93. The maximum Gasteiger partial charge on any atom is 0.339 e. The third-order valence-corrected chi connectivity index (χ3v) is 2.93. The molecular formula is C13H13N3O5. The summed E-state index contributed by atoms with van der Waals surface area (Å²) in [4.78, 5) is 21.2. The van der Waals surface area contributed by atoms with Crippen molar-refractivity contribution in [1.29, 1.82) is 0 Å². The minimum Gasteiger partial charge on any atom is -0.484 e. The topological polar surface area (TPSA) is 118 Å². The minimum absolute atomic E-state index is 0.0446. The number of aromatic amines is 1. The molecule has 0 aliphatic carbocycles. The molecule has 0 radical (unpaired) electrons. The van der Waals surface area contributed by atoms with Crippen molar-refractivity contribution in [2.45, 2.75) is 20.0 Å². The van der Waals surface area contributed by atoms with Crippen molar-refractivity contribution in [3.8, 4) is 5.75 Å². The van der Waals surface area contributed by atoms with Crippen LogP contribution < -0.4 is 4.74 Å². The van der Waals surface area contributed by atoms with Crippen LogP contribution in [0.5, 0.6) is 5.75 Å². The Labute approximate surface area is 119 Å². The number of benzene rings is 1. The predicted octanol–water partition coefficient (Wildman–Crippen LogP) is 2.46. The van der Waals surface area contributed by atoms with Crippen molar-refractivity contribution < 1.29 is 19.6 Å². The molecule has 0 saturated carbocycles. The van der Waals surface area contributed by atoms with Crippen LogP contribution >= 0.6 is 0 Å². The minimum atomic E-state index is -1.09. The highest BCUT2D eigenvalue weighted by Gasteiger charge is 2.23. The first-order valence-corrected chi connectivity index (χ1v) is 6.09. The molecule has 1 aromatic heterocycles. The molecule has 0 saturated heterocycles. The van der Waals surface area contributed by atoms with Gasteiger partial charge < -0.3 is 9.84 Å². The van der Waals surface area contributed by atoms with E-state index >= 15 is 0 Å². The van der Waals surface area contributed by atoms with Crippen LogP contribution in [0.15, 0.2) is 24.3 Å². The molecule has 2 rings (SSSR count). The molecule has 0 amide bonds.